The predicted octanol–water partition coefficient (Wildman–Crippen LogP) is 0.782. The van der Waals surface area contributed by atoms with Gasteiger partial charge in [0.2, 0.25) is 0 Å². The van der Waals surface area contributed by atoms with Gasteiger partial charge in [-0.25, -0.2) is 0 Å². The Morgan fingerprint density at radius 1 is 1.71 bits per heavy atom. The Kier molecular flexibility index (Phi) is 1.47. The summed E-state index contributed by atoms with van der Waals surface area (Å²) in [6, 6.07) is 0. The summed E-state index contributed by atoms with van der Waals surface area (Å²) in [6.07, 6.45) is 4.42. The van der Waals surface area contributed by atoms with E-state index in [1.807, 2.05) is 0 Å². The Labute approximate surface area is 44.4 Å². The maximum absolute atomic E-state index is 3.25. The summed E-state index contributed by atoms with van der Waals surface area (Å²) in [5.74, 6) is 0.744. The van der Waals surface area contributed by atoms with E-state index in [0.29, 0.717) is 0 Å². The van der Waals surface area contributed by atoms with Gasteiger partial charge in [-0.3, -0.25) is 0 Å². The van der Waals surface area contributed by atoms with Crippen LogP contribution in [-0.2, 0) is 0 Å². The second kappa shape index (κ2) is 2.12. The molecule has 0 saturated carbocycles. The third kappa shape index (κ3) is 1.32. The van der Waals surface area contributed by atoms with Gasteiger partial charge >= 0.3 is 0 Å². The topological polar surface area (TPSA) is 12.0 Å². The molecule has 7 heavy (non-hydrogen) atoms. The monoisotopic (exact) mass is 97.1 g/mol. The van der Waals surface area contributed by atoms with Gasteiger partial charge in [0.25, 0.3) is 0 Å². The third-order valence-electron chi connectivity index (χ3n) is 1.19. The van der Waals surface area contributed by atoms with Crippen LogP contribution in [0.2, 0.25) is 0 Å². The van der Waals surface area contributed by atoms with Gasteiger partial charge in [-0.1, -0.05) is 19.1 Å². The van der Waals surface area contributed by atoms with Crippen LogP contribution in [0.25, 0.3) is 0 Å². The summed E-state index contributed by atoms with van der Waals surface area (Å²) in [4.78, 5) is 0. The van der Waals surface area contributed by atoms with Crippen LogP contribution in [0.4, 0.5) is 0 Å². The average molecular weight is 97.2 g/mol. The quantitative estimate of drug-likeness (QED) is 0.440. The molecule has 0 fully saturated rings. The molecule has 0 aromatic heterocycles. The highest BCUT2D eigenvalue weighted by atomic mass is 14.9. The van der Waals surface area contributed by atoms with Crippen molar-refractivity contribution in [3.05, 3.63) is 12.2 Å². The fourth-order valence-corrected chi connectivity index (χ4v) is 0.763. The number of rotatable bonds is 0. The predicted molar refractivity (Wildman–Crippen MR) is 31.2 cm³/mol. The lowest BCUT2D eigenvalue weighted by Crippen LogP contribution is -2.23. The minimum Gasteiger partial charge on any atom is -0.313 e. The summed E-state index contributed by atoms with van der Waals surface area (Å²) >= 11 is 0. The van der Waals surface area contributed by atoms with E-state index in [9.17, 15) is 0 Å². The molecule has 1 heteroatoms. The van der Waals surface area contributed by atoms with Gasteiger partial charge in [-0.2, -0.15) is 0 Å². The standard InChI is InChI=1S/C6H11N/c1-6-3-2-4-7-5-6/h2-3,6-7H,4-5H2,1H3/t6-/m1/s1. The first-order valence-electron chi connectivity index (χ1n) is 2.77. The van der Waals surface area contributed by atoms with Crippen LogP contribution < -0.4 is 5.32 Å². The highest BCUT2D eigenvalue weighted by Gasteiger charge is 1.97. The normalized spacial score (nSPS) is 30.7. The molecule has 0 aromatic carbocycles. The summed E-state index contributed by atoms with van der Waals surface area (Å²) in [5, 5.41) is 3.25. The summed E-state index contributed by atoms with van der Waals surface area (Å²) < 4.78 is 0. The van der Waals surface area contributed by atoms with Crippen molar-refractivity contribution in [2.45, 2.75) is 6.92 Å². The Morgan fingerprint density at radius 3 is 2.86 bits per heavy atom. The van der Waals surface area contributed by atoms with Crippen molar-refractivity contribution < 1.29 is 0 Å². The van der Waals surface area contributed by atoms with E-state index < -0.39 is 0 Å². The summed E-state index contributed by atoms with van der Waals surface area (Å²) in [6.45, 7) is 4.42. The number of hydrogen-bond acceptors (Lipinski definition) is 1. The van der Waals surface area contributed by atoms with Gasteiger partial charge < -0.3 is 5.32 Å². The van der Waals surface area contributed by atoms with Gasteiger partial charge in [0.05, 0.1) is 0 Å². The second-order valence-corrected chi connectivity index (χ2v) is 2.06. The minimum absolute atomic E-state index is 0.744. The lowest BCUT2D eigenvalue weighted by atomic mass is 10.1. The van der Waals surface area contributed by atoms with Crippen molar-refractivity contribution in [3.8, 4) is 0 Å². The van der Waals surface area contributed by atoms with Gasteiger partial charge in [0.1, 0.15) is 0 Å². The largest absolute Gasteiger partial charge is 0.313 e. The third-order valence-corrected chi connectivity index (χ3v) is 1.19. The zero-order chi connectivity index (χ0) is 5.11. The molecular weight excluding hydrogens is 86.1 g/mol. The average Bonchev–Trinajstić information content (AvgIpc) is 1.69. The van der Waals surface area contributed by atoms with Crippen LogP contribution in [0, 0.1) is 5.92 Å². The minimum atomic E-state index is 0.744. The molecule has 0 bridgehead atoms. The number of hydrogen-bond donors (Lipinski definition) is 1. The molecular formula is C6H11N. The molecule has 0 spiro atoms. The highest BCUT2D eigenvalue weighted by Crippen LogP contribution is 1.97. The van der Waals surface area contributed by atoms with Crippen molar-refractivity contribution in [2.24, 2.45) is 5.92 Å². The SMILES string of the molecule is C[C@@H]1C=CCNC1. The zero-order valence-electron chi connectivity index (χ0n) is 4.65. The fourth-order valence-electron chi connectivity index (χ4n) is 0.763. The molecule has 1 aliphatic rings. The van der Waals surface area contributed by atoms with Gasteiger partial charge in [0, 0.05) is 13.1 Å². The molecule has 0 aromatic rings. The van der Waals surface area contributed by atoms with Crippen molar-refractivity contribution in [1.82, 2.24) is 5.32 Å². The van der Waals surface area contributed by atoms with E-state index in [-0.39, 0.29) is 0 Å². The summed E-state index contributed by atoms with van der Waals surface area (Å²) in [7, 11) is 0. The van der Waals surface area contributed by atoms with Crippen LogP contribution in [0.15, 0.2) is 12.2 Å². The molecule has 0 radical (unpaired) electrons. The van der Waals surface area contributed by atoms with Crippen LogP contribution >= 0.6 is 0 Å². The molecule has 1 atom stereocenters. The number of nitrogens with one attached hydrogen (secondary N) is 1. The Balaban J connectivity index is 2.36. The van der Waals surface area contributed by atoms with Crippen molar-refractivity contribution in [3.63, 3.8) is 0 Å². The van der Waals surface area contributed by atoms with E-state index >= 15 is 0 Å². The van der Waals surface area contributed by atoms with Gasteiger partial charge in [0.15, 0.2) is 0 Å². The molecule has 0 unspecified atom stereocenters. The smallest absolute Gasteiger partial charge is 0.0135 e. The Hall–Kier alpha value is -0.300. The van der Waals surface area contributed by atoms with Crippen molar-refractivity contribution in [2.75, 3.05) is 13.1 Å². The van der Waals surface area contributed by atoms with E-state index in [1.54, 1.807) is 0 Å². The van der Waals surface area contributed by atoms with Gasteiger partial charge in [-0.15, -0.1) is 0 Å². The first-order valence-corrected chi connectivity index (χ1v) is 2.77. The second-order valence-electron chi connectivity index (χ2n) is 2.06. The summed E-state index contributed by atoms with van der Waals surface area (Å²) in [5.41, 5.74) is 0. The maximum atomic E-state index is 3.25. The first-order chi connectivity index (χ1) is 3.39. The van der Waals surface area contributed by atoms with Crippen LogP contribution in [0.1, 0.15) is 6.92 Å². The zero-order valence-corrected chi connectivity index (χ0v) is 4.65. The van der Waals surface area contributed by atoms with E-state index in [1.165, 1.54) is 0 Å². The molecule has 0 amide bonds. The molecule has 40 valence electrons. The van der Waals surface area contributed by atoms with E-state index in [0.717, 1.165) is 19.0 Å². The fraction of sp³-hybridized carbons (Fsp3) is 0.667. The van der Waals surface area contributed by atoms with Gasteiger partial charge in [-0.05, 0) is 5.92 Å². The molecule has 1 N–H and O–H groups in total. The Bertz CT molecular complexity index is 76.2. The maximum Gasteiger partial charge on any atom is 0.0135 e. The van der Waals surface area contributed by atoms with Crippen LogP contribution in [-0.4, -0.2) is 13.1 Å². The first kappa shape index (κ1) is 4.85. The lowest BCUT2D eigenvalue weighted by Gasteiger charge is -2.10. The van der Waals surface area contributed by atoms with E-state index in [4.69, 9.17) is 0 Å². The van der Waals surface area contributed by atoms with E-state index in [2.05, 4.69) is 24.4 Å². The lowest BCUT2D eigenvalue weighted by molar-refractivity contribution is 0.599. The van der Waals surface area contributed by atoms with Crippen molar-refractivity contribution >= 4 is 0 Å². The molecule has 1 rings (SSSR count). The molecule has 0 aliphatic carbocycles. The molecule has 1 aliphatic heterocycles. The van der Waals surface area contributed by atoms with Crippen molar-refractivity contribution in [1.29, 1.82) is 0 Å². The molecule has 1 heterocycles. The Morgan fingerprint density at radius 2 is 2.57 bits per heavy atom. The molecule has 0 saturated heterocycles. The molecule has 1 nitrogen and oxygen atoms in total. The highest BCUT2D eigenvalue weighted by molar-refractivity contribution is 4.93. The van der Waals surface area contributed by atoms with Crippen LogP contribution in [0.3, 0.4) is 0 Å². The van der Waals surface area contributed by atoms with Crippen LogP contribution in [0.5, 0.6) is 0 Å².